The standard InChI is InChI=1S/C12H16Cl2N2O/c1-3-7(4-2)12(17)16-8-5-9(13)11(15)10(14)6-8/h5-7H,3-4,15H2,1-2H3,(H,16,17). The normalized spacial score (nSPS) is 10.6. The number of anilines is 2. The number of halogens is 2. The molecule has 0 atom stereocenters. The second-order valence-corrected chi connectivity index (χ2v) is 4.67. The van der Waals surface area contributed by atoms with E-state index in [0.29, 0.717) is 21.4 Å². The van der Waals surface area contributed by atoms with Gasteiger partial charge in [-0.25, -0.2) is 0 Å². The third-order valence-corrected chi connectivity index (χ3v) is 3.33. The van der Waals surface area contributed by atoms with Crippen molar-refractivity contribution in [1.29, 1.82) is 0 Å². The molecule has 0 saturated carbocycles. The van der Waals surface area contributed by atoms with Crippen molar-refractivity contribution < 1.29 is 4.79 Å². The molecule has 0 aliphatic rings. The summed E-state index contributed by atoms with van der Waals surface area (Å²) in [6.07, 6.45) is 1.61. The van der Waals surface area contributed by atoms with E-state index in [0.717, 1.165) is 12.8 Å². The van der Waals surface area contributed by atoms with Crippen LogP contribution in [0.5, 0.6) is 0 Å². The predicted octanol–water partition coefficient (Wildman–Crippen LogP) is 3.95. The number of nitrogens with two attached hydrogens (primary N) is 1. The summed E-state index contributed by atoms with van der Waals surface area (Å²) in [7, 11) is 0. The van der Waals surface area contributed by atoms with Crippen LogP contribution >= 0.6 is 23.2 Å². The highest BCUT2D eigenvalue weighted by Crippen LogP contribution is 2.31. The summed E-state index contributed by atoms with van der Waals surface area (Å²) in [6, 6.07) is 3.20. The minimum Gasteiger partial charge on any atom is -0.396 e. The van der Waals surface area contributed by atoms with Crippen LogP contribution in [-0.4, -0.2) is 5.91 Å². The monoisotopic (exact) mass is 274 g/mol. The molecule has 17 heavy (non-hydrogen) atoms. The molecular formula is C12H16Cl2N2O. The summed E-state index contributed by atoms with van der Waals surface area (Å²) in [5.74, 6) is -0.0167. The van der Waals surface area contributed by atoms with Crippen molar-refractivity contribution in [1.82, 2.24) is 0 Å². The van der Waals surface area contributed by atoms with Gasteiger partial charge in [-0.05, 0) is 25.0 Å². The fraction of sp³-hybridized carbons (Fsp3) is 0.417. The molecule has 0 spiro atoms. The average molecular weight is 275 g/mol. The number of hydrogen-bond acceptors (Lipinski definition) is 2. The van der Waals surface area contributed by atoms with Crippen LogP contribution in [0.4, 0.5) is 11.4 Å². The smallest absolute Gasteiger partial charge is 0.227 e. The van der Waals surface area contributed by atoms with Crippen LogP contribution in [0.25, 0.3) is 0 Å². The van der Waals surface area contributed by atoms with E-state index in [1.807, 2.05) is 13.8 Å². The Hall–Kier alpha value is -0.930. The molecule has 0 unspecified atom stereocenters. The van der Waals surface area contributed by atoms with E-state index >= 15 is 0 Å². The van der Waals surface area contributed by atoms with Crippen molar-refractivity contribution in [2.45, 2.75) is 26.7 Å². The van der Waals surface area contributed by atoms with Crippen LogP contribution in [0.1, 0.15) is 26.7 Å². The molecule has 1 amide bonds. The largest absolute Gasteiger partial charge is 0.396 e. The number of carbonyl (C=O) groups excluding carboxylic acids is 1. The van der Waals surface area contributed by atoms with E-state index < -0.39 is 0 Å². The van der Waals surface area contributed by atoms with E-state index in [1.165, 1.54) is 0 Å². The summed E-state index contributed by atoms with van der Waals surface area (Å²) >= 11 is 11.8. The van der Waals surface area contributed by atoms with Crippen LogP contribution in [0.2, 0.25) is 10.0 Å². The molecule has 0 radical (unpaired) electrons. The van der Waals surface area contributed by atoms with Gasteiger partial charge >= 0.3 is 0 Å². The van der Waals surface area contributed by atoms with Gasteiger partial charge in [0.2, 0.25) is 5.91 Å². The third-order valence-electron chi connectivity index (χ3n) is 2.70. The number of carbonyl (C=O) groups is 1. The van der Waals surface area contributed by atoms with Gasteiger partial charge < -0.3 is 11.1 Å². The number of nitrogen functional groups attached to an aromatic ring is 1. The van der Waals surface area contributed by atoms with Crippen LogP contribution in [-0.2, 0) is 4.79 Å². The summed E-state index contributed by atoms with van der Waals surface area (Å²) in [5.41, 5.74) is 6.52. The van der Waals surface area contributed by atoms with Gasteiger partial charge in [-0.1, -0.05) is 37.0 Å². The number of amides is 1. The zero-order valence-electron chi connectivity index (χ0n) is 9.89. The van der Waals surface area contributed by atoms with Crippen LogP contribution in [0, 0.1) is 5.92 Å². The Morgan fingerprint density at radius 2 is 1.76 bits per heavy atom. The van der Waals surface area contributed by atoms with Gasteiger partial charge in [0.1, 0.15) is 0 Å². The van der Waals surface area contributed by atoms with Crippen molar-refractivity contribution in [2.24, 2.45) is 5.92 Å². The fourth-order valence-corrected chi connectivity index (χ4v) is 2.05. The van der Waals surface area contributed by atoms with Crippen LogP contribution in [0.15, 0.2) is 12.1 Å². The summed E-state index contributed by atoms with van der Waals surface area (Å²) in [6.45, 7) is 3.97. The second kappa shape index (κ2) is 6.12. The zero-order valence-corrected chi connectivity index (χ0v) is 11.4. The Morgan fingerprint density at radius 3 is 2.18 bits per heavy atom. The lowest BCUT2D eigenvalue weighted by Gasteiger charge is -2.13. The van der Waals surface area contributed by atoms with E-state index in [9.17, 15) is 4.79 Å². The first-order valence-electron chi connectivity index (χ1n) is 5.54. The lowest BCUT2D eigenvalue weighted by Crippen LogP contribution is -2.21. The average Bonchev–Trinajstić information content (AvgIpc) is 2.27. The molecule has 0 heterocycles. The third kappa shape index (κ3) is 3.51. The van der Waals surface area contributed by atoms with E-state index in [2.05, 4.69) is 5.32 Å². The Balaban J connectivity index is 2.85. The maximum absolute atomic E-state index is 11.9. The Labute approximate surface area is 111 Å². The first-order valence-corrected chi connectivity index (χ1v) is 6.30. The van der Waals surface area contributed by atoms with Gasteiger partial charge in [-0.15, -0.1) is 0 Å². The quantitative estimate of drug-likeness (QED) is 0.817. The SMILES string of the molecule is CCC(CC)C(=O)Nc1cc(Cl)c(N)c(Cl)c1. The highest BCUT2D eigenvalue weighted by Gasteiger charge is 2.15. The maximum Gasteiger partial charge on any atom is 0.227 e. The zero-order chi connectivity index (χ0) is 13.0. The molecule has 0 aliphatic heterocycles. The fourth-order valence-electron chi connectivity index (χ4n) is 1.56. The predicted molar refractivity (Wildman–Crippen MR) is 73.6 cm³/mol. The summed E-state index contributed by atoms with van der Waals surface area (Å²) in [4.78, 5) is 11.9. The lowest BCUT2D eigenvalue weighted by atomic mass is 10.0. The molecule has 0 aliphatic carbocycles. The second-order valence-electron chi connectivity index (χ2n) is 3.86. The van der Waals surface area contributed by atoms with Crippen LogP contribution < -0.4 is 11.1 Å². The van der Waals surface area contributed by atoms with Crippen molar-refractivity contribution in [3.8, 4) is 0 Å². The lowest BCUT2D eigenvalue weighted by molar-refractivity contribution is -0.120. The van der Waals surface area contributed by atoms with Gasteiger partial charge in [-0.2, -0.15) is 0 Å². The summed E-state index contributed by atoms with van der Waals surface area (Å²) in [5, 5.41) is 3.48. The first-order chi connectivity index (χ1) is 7.99. The minimum atomic E-state index is -0.0214. The van der Waals surface area contributed by atoms with E-state index in [4.69, 9.17) is 28.9 Å². The molecule has 0 aromatic heterocycles. The molecule has 1 aromatic rings. The van der Waals surface area contributed by atoms with Gasteiger partial charge in [0.25, 0.3) is 0 Å². The molecule has 5 heteroatoms. The molecule has 1 aromatic carbocycles. The van der Waals surface area contributed by atoms with E-state index in [-0.39, 0.29) is 11.8 Å². The Morgan fingerprint density at radius 1 is 1.29 bits per heavy atom. The van der Waals surface area contributed by atoms with Crippen molar-refractivity contribution in [2.75, 3.05) is 11.1 Å². The number of rotatable bonds is 4. The molecule has 0 bridgehead atoms. The minimum absolute atomic E-state index is 0.00473. The van der Waals surface area contributed by atoms with E-state index in [1.54, 1.807) is 12.1 Å². The van der Waals surface area contributed by atoms with Gasteiger partial charge in [-0.3, -0.25) is 4.79 Å². The maximum atomic E-state index is 11.9. The Bertz CT molecular complexity index is 394. The van der Waals surface area contributed by atoms with Crippen molar-refractivity contribution in [3.63, 3.8) is 0 Å². The molecule has 94 valence electrons. The van der Waals surface area contributed by atoms with Gasteiger partial charge in [0.05, 0.1) is 15.7 Å². The Kier molecular flexibility index (Phi) is 5.09. The van der Waals surface area contributed by atoms with Crippen molar-refractivity contribution >= 4 is 40.5 Å². The molecule has 0 saturated heterocycles. The number of nitrogens with one attached hydrogen (secondary N) is 1. The molecule has 1 rings (SSSR count). The highest BCUT2D eigenvalue weighted by atomic mass is 35.5. The van der Waals surface area contributed by atoms with Crippen LogP contribution in [0.3, 0.4) is 0 Å². The summed E-state index contributed by atoms with van der Waals surface area (Å²) < 4.78 is 0. The first kappa shape index (κ1) is 14.1. The number of hydrogen-bond donors (Lipinski definition) is 2. The topological polar surface area (TPSA) is 55.1 Å². The van der Waals surface area contributed by atoms with Gasteiger partial charge in [0.15, 0.2) is 0 Å². The molecule has 3 N–H and O–H groups in total. The molecule has 3 nitrogen and oxygen atoms in total. The van der Waals surface area contributed by atoms with Crippen molar-refractivity contribution in [3.05, 3.63) is 22.2 Å². The highest BCUT2D eigenvalue weighted by molar-refractivity contribution is 6.39. The van der Waals surface area contributed by atoms with Gasteiger partial charge in [0, 0.05) is 11.6 Å². The number of benzene rings is 1. The molecule has 0 fully saturated rings. The molecular weight excluding hydrogens is 259 g/mol.